The molecule has 1 amide bonds. The van der Waals surface area contributed by atoms with Gasteiger partial charge in [0.2, 0.25) is 0 Å². The second-order valence-corrected chi connectivity index (χ2v) is 9.01. The molecule has 0 aliphatic carbocycles. The molecule has 0 unspecified atom stereocenters. The highest BCUT2D eigenvalue weighted by molar-refractivity contribution is 7.21. The van der Waals surface area contributed by atoms with Crippen molar-refractivity contribution in [3.63, 3.8) is 0 Å². The Morgan fingerprint density at radius 3 is 2.43 bits per heavy atom. The van der Waals surface area contributed by atoms with E-state index in [1.165, 1.54) is 5.56 Å². The largest absolute Gasteiger partial charge is 0.494 e. The number of aromatic nitrogens is 1. The molecule has 5 rings (SSSR count). The molecule has 0 spiro atoms. The SMILES string of the molecule is CCOc1ccc(OCc2ccc(C(=O)Nc3ccc(-c4nc5ccc(C)cc5s4)cc3)o2)cc1. The molecule has 0 saturated heterocycles. The molecule has 3 aromatic carbocycles. The van der Waals surface area contributed by atoms with E-state index in [1.807, 2.05) is 61.5 Å². The first-order valence-corrected chi connectivity index (χ1v) is 12.1. The summed E-state index contributed by atoms with van der Waals surface area (Å²) in [5.74, 6) is 1.95. The molecule has 0 atom stereocenters. The van der Waals surface area contributed by atoms with Crippen LogP contribution in [-0.4, -0.2) is 17.5 Å². The Hall–Kier alpha value is -4.10. The molecule has 6 nitrogen and oxygen atoms in total. The first kappa shape index (κ1) is 22.7. The Morgan fingerprint density at radius 2 is 1.69 bits per heavy atom. The van der Waals surface area contributed by atoms with Crippen LogP contribution >= 0.6 is 11.3 Å². The Balaban J connectivity index is 1.19. The molecule has 2 aromatic heterocycles. The van der Waals surface area contributed by atoms with E-state index in [1.54, 1.807) is 23.5 Å². The Labute approximate surface area is 207 Å². The fourth-order valence-corrected chi connectivity index (χ4v) is 4.64. The molecular weight excluding hydrogens is 460 g/mol. The molecule has 5 aromatic rings. The minimum atomic E-state index is -0.319. The fourth-order valence-electron chi connectivity index (χ4n) is 3.57. The average molecular weight is 485 g/mol. The molecule has 0 aliphatic rings. The van der Waals surface area contributed by atoms with Gasteiger partial charge in [0.05, 0.1) is 16.8 Å². The lowest BCUT2D eigenvalue weighted by Gasteiger charge is -2.06. The highest BCUT2D eigenvalue weighted by atomic mass is 32.1. The Kier molecular flexibility index (Phi) is 6.50. The van der Waals surface area contributed by atoms with E-state index in [0.29, 0.717) is 23.8 Å². The van der Waals surface area contributed by atoms with Crippen molar-refractivity contribution in [1.29, 1.82) is 0 Å². The van der Waals surface area contributed by atoms with Gasteiger partial charge < -0.3 is 19.2 Å². The zero-order valence-electron chi connectivity index (χ0n) is 19.4. The van der Waals surface area contributed by atoms with Crippen LogP contribution in [0.15, 0.2) is 83.3 Å². The fraction of sp³-hybridized carbons (Fsp3) is 0.143. The number of hydrogen-bond acceptors (Lipinski definition) is 6. The zero-order chi connectivity index (χ0) is 24.2. The monoisotopic (exact) mass is 484 g/mol. The van der Waals surface area contributed by atoms with Crippen LogP contribution in [-0.2, 0) is 6.61 Å². The molecule has 35 heavy (non-hydrogen) atoms. The summed E-state index contributed by atoms with van der Waals surface area (Å²) in [5.41, 5.74) is 3.90. The second kappa shape index (κ2) is 10.0. The summed E-state index contributed by atoms with van der Waals surface area (Å²) in [5, 5.41) is 3.82. The van der Waals surface area contributed by atoms with Gasteiger partial charge in [-0.05, 0) is 92.2 Å². The number of rotatable bonds is 8. The van der Waals surface area contributed by atoms with Crippen LogP contribution in [0.2, 0.25) is 0 Å². The number of anilines is 1. The summed E-state index contributed by atoms with van der Waals surface area (Å²) in [6.07, 6.45) is 0. The highest BCUT2D eigenvalue weighted by Crippen LogP contribution is 2.31. The van der Waals surface area contributed by atoms with E-state index in [4.69, 9.17) is 18.9 Å². The van der Waals surface area contributed by atoms with Gasteiger partial charge in [-0.25, -0.2) is 4.98 Å². The number of benzene rings is 3. The molecule has 0 aliphatic heterocycles. The molecule has 176 valence electrons. The lowest BCUT2D eigenvalue weighted by atomic mass is 10.2. The van der Waals surface area contributed by atoms with Crippen molar-refractivity contribution in [3.05, 3.63) is 95.9 Å². The quantitative estimate of drug-likeness (QED) is 0.254. The van der Waals surface area contributed by atoms with E-state index in [0.717, 1.165) is 26.5 Å². The van der Waals surface area contributed by atoms with Crippen LogP contribution in [0.25, 0.3) is 20.8 Å². The van der Waals surface area contributed by atoms with Gasteiger partial charge in [-0.2, -0.15) is 0 Å². The van der Waals surface area contributed by atoms with Gasteiger partial charge in [-0.1, -0.05) is 6.07 Å². The van der Waals surface area contributed by atoms with Crippen molar-refractivity contribution in [2.45, 2.75) is 20.5 Å². The number of amides is 1. The predicted octanol–water partition coefficient (Wildman–Crippen LogP) is 7.09. The Bertz CT molecular complexity index is 1450. The molecule has 0 saturated carbocycles. The normalized spacial score (nSPS) is 10.9. The topological polar surface area (TPSA) is 73.6 Å². The van der Waals surface area contributed by atoms with Crippen molar-refractivity contribution >= 4 is 33.1 Å². The lowest BCUT2D eigenvalue weighted by molar-refractivity contribution is 0.0992. The third kappa shape index (κ3) is 5.36. The minimum absolute atomic E-state index is 0.220. The number of ether oxygens (including phenoxy) is 2. The van der Waals surface area contributed by atoms with E-state index < -0.39 is 0 Å². The minimum Gasteiger partial charge on any atom is -0.494 e. The number of aryl methyl sites for hydroxylation is 1. The highest BCUT2D eigenvalue weighted by Gasteiger charge is 2.13. The number of thiazole rings is 1. The lowest BCUT2D eigenvalue weighted by Crippen LogP contribution is -2.10. The summed E-state index contributed by atoms with van der Waals surface area (Å²) in [4.78, 5) is 17.3. The molecule has 7 heteroatoms. The second-order valence-electron chi connectivity index (χ2n) is 7.98. The third-order valence-corrected chi connectivity index (χ3v) is 6.40. The summed E-state index contributed by atoms with van der Waals surface area (Å²) in [7, 11) is 0. The maximum absolute atomic E-state index is 12.6. The Morgan fingerprint density at radius 1 is 0.943 bits per heavy atom. The average Bonchev–Trinajstić information content (AvgIpc) is 3.51. The standard InChI is InChI=1S/C28H24N2O4S/c1-3-32-21-9-11-22(12-10-21)33-17-23-13-15-25(34-23)27(31)29-20-7-5-19(6-8-20)28-30-24-14-4-18(2)16-26(24)35-28/h4-16H,3,17H2,1-2H3,(H,29,31). The number of fused-ring (bicyclic) bond motifs is 1. The van der Waals surface area contributed by atoms with Crippen molar-refractivity contribution in [2.24, 2.45) is 0 Å². The van der Waals surface area contributed by atoms with Gasteiger partial charge in [0.25, 0.3) is 5.91 Å². The van der Waals surface area contributed by atoms with Crippen LogP contribution < -0.4 is 14.8 Å². The molecular formula is C28H24N2O4S. The van der Waals surface area contributed by atoms with Crippen LogP contribution in [0.4, 0.5) is 5.69 Å². The number of nitrogens with zero attached hydrogens (tertiary/aromatic N) is 1. The third-order valence-electron chi connectivity index (χ3n) is 5.33. The van der Waals surface area contributed by atoms with Gasteiger partial charge in [-0.3, -0.25) is 4.79 Å². The van der Waals surface area contributed by atoms with Crippen molar-refractivity contribution in [1.82, 2.24) is 4.98 Å². The van der Waals surface area contributed by atoms with Crippen molar-refractivity contribution in [2.75, 3.05) is 11.9 Å². The van der Waals surface area contributed by atoms with Crippen molar-refractivity contribution < 1.29 is 18.7 Å². The first-order valence-electron chi connectivity index (χ1n) is 11.3. The van der Waals surface area contributed by atoms with Gasteiger partial charge >= 0.3 is 0 Å². The molecule has 0 bridgehead atoms. The maximum atomic E-state index is 12.6. The number of carbonyl (C=O) groups excluding carboxylic acids is 1. The number of nitrogens with one attached hydrogen (secondary N) is 1. The summed E-state index contributed by atoms with van der Waals surface area (Å²) in [6.45, 7) is 4.85. The van der Waals surface area contributed by atoms with Gasteiger partial charge in [0, 0.05) is 11.3 Å². The smallest absolute Gasteiger partial charge is 0.291 e. The van der Waals surface area contributed by atoms with Crippen LogP contribution in [0.1, 0.15) is 28.8 Å². The van der Waals surface area contributed by atoms with E-state index >= 15 is 0 Å². The van der Waals surface area contributed by atoms with E-state index in [2.05, 4.69) is 24.4 Å². The summed E-state index contributed by atoms with van der Waals surface area (Å²) < 4.78 is 18.0. The maximum Gasteiger partial charge on any atom is 0.291 e. The van der Waals surface area contributed by atoms with E-state index in [9.17, 15) is 4.79 Å². The number of furan rings is 1. The number of hydrogen-bond donors (Lipinski definition) is 1. The molecule has 0 fully saturated rings. The molecule has 1 N–H and O–H groups in total. The first-order chi connectivity index (χ1) is 17.1. The van der Waals surface area contributed by atoms with Crippen molar-refractivity contribution in [3.8, 4) is 22.1 Å². The molecule has 0 radical (unpaired) electrons. The number of carbonyl (C=O) groups is 1. The predicted molar refractivity (Wildman–Crippen MR) is 138 cm³/mol. The van der Waals surface area contributed by atoms with Gasteiger partial charge in [0.1, 0.15) is 28.9 Å². The van der Waals surface area contributed by atoms with E-state index in [-0.39, 0.29) is 18.3 Å². The van der Waals surface area contributed by atoms with Gasteiger partial charge in [-0.15, -0.1) is 11.3 Å². The summed E-state index contributed by atoms with van der Waals surface area (Å²) >= 11 is 1.66. The summed E-state index contributed by atoms with van der Waals surface area (Å²) in [6, 6.07) is 24.6. The van der Waals surface area contributed by atoms with Gasteiger partial charge in [0.15, 0.2) is 5.76 Å². The molecule has 2 heterocycles. The van der Waals surface area contributed by atoms with Crippen LogP contribution in [0.3, 0.4) is 0 Å². The van der Waals surface area contributed by atoms with Crippen LogP contribution in [0.5, 0.6) is 11.5 Å². The van der Waals surface area contributed by atoms with Crippen LogP contribution in [0, 0.1) is 6.92 Å². The zero-order valence-corrected chi connectivity index (χ0v) is 20.2.